The number of benzene rings is 2. The van der Waals surface area contributed by atoms with Gasteiger partial charge in [0.15, 0.2) is 5.96 Å². The Bertz CT molecular complexity index is 885. The Morgan fingerprint density at radius 1 is 1.16 bits per heavy atom. The monoisotopic (exact) mass is 549 g/mol. The molecule has 1 aliphatic heterocycles. The fourth-order valence-corrected chi connectivity index (χ4v) is 3.15. The number of hydrogen-bond acceptors (Lipinski definition) is 3. The lowest BCUT2D eigenvalue weighted by molar-refractivity contribution is -0.137. The zero-order valence-corrected chi connectivity index (χ0v) is 19.8. The van der Waals surface area contributed by atoms with E-state index < -0.39 is 11.7 Å². The molecule has 1 atom stereocenters. The molecule has 1 unspecified atom stereocenters. The molecule has 0 radical (unpaired) electrons. The molecular weight excluding hydrogens is 522 g/mol. The molecule has 1 saturated heterocycles. The molecule has 170 valence electrons. The first-order valence-electron chi connectivity index (χ1n) is 9.80. The molecule has 1 fully saturated rings. The number of hydrogen-bond donors (Lipinski definition) is 2. The number of ether oxygens (including phenoxy) is 2. The van der Waals surface area contributed by atoms with Crippen molar-refractivity contribution in [1.82, 2.24) is 10.6 Å². The first-order chi connectivity index (χ1) is 14.3. The Morgan fingerprint density at radius 2 is 1.94 bits per heavy atom. The van der Waals surface area contributed by atoms with Crippen molar-refractivity contribution in [2.75, 3.05) is 20.3 Å². The van der Waals surface area contributed by atoms with Crippen LogP contribution in [0.4, 0.5) is 13.2 Å². The summed E-state index contributed by atoms with van der Waals surface area (Å²) in [7, 11) is 1.61. The van der Waals surface area contributed by atoms with Crippen molar-refractivity contribution in [2.24, 2.45) is 4.99 Å². The third-order valence-corrected chi connectivity index (χ3v) is 4.79. The van der Waals surface area contributed by atoms with E-state index in [-0.39, 0.29) is 36.6 Å². The molecule has 0 amide bonds. The zero-order chi connectivity index (χ0) is 21.6. The number of aryl methyl sites for hydroxylation is 1. The van der Waals surface area contributed by atoms with Gasteiger partial charge in [0.25, 0.3) is 0 Å². The van der Waals surface area contributed by atoms with Crippen LogP contribution in [0.25, 0.3) is 0 Å². The van der Waals surface area contributed by atoms with Gasteiger partial charge in [0, 0.05) is 32.1 Å². The molecule has 31 heavy (non-hydrogen) atoms. The predicted octanol–water partition coefficient (Wildman–Crippen LogP) is 4.66. The number of rotatable bonds is 6. The summed E-state index contributed by atoms with van der Waals surface area (Å²) < 4.78 is 50.1. The summed E-state index contributed by atoms with van der Waals surface area (Å²) in [6.07, 6.45) is -3.45. The van der Waals surface area contributed by atoms with E-state index in [0.29, 0.717) is 31.3 Å². The van der Waals surface area contributed by atoms with E-state index in [1.54, 1.807) is 13.1 Å². The first-order valence-corrected chi connectivity index (χ1v) is 9.80. The zero-order valence-electron chi connectivity index (χ0n) is 17.5. The highest BCUT2D eigenvalue weighted by Crippen LogP contribution is 2.29. The van der Waals surface area contributed by atoms with E-state index in [0.717, 1.165) is 35.4 Å². The van der Waals surface area contributed by atoms with Gasteiger partial charge in [-0.25, -0.2) is 0 Å². The molecule has 0 spiro atoms. The Morgan fingerprint density at radius 3 is 2.61 bits per heavy atom. The van der Waals surface area contributed by atoms with Gasteiger partial charge in [-0.05, 0) is 36.2 Å². The van der Waals surface area contributed by atoms with Crippen molar-refractivity contribution in [1.29, 1.82) is 0 Å². The van der Waals surface area contributed by atoms with Crippen LogP contribution in [0.15, 0.2) is 47.5 Å². The quantitative estimate of drug-likeness (QED) is 0.313. The summed E-state index contributed by atoms with van der Waals surface area (Å²) in [5.74, 6) is 1.29. The van der Waals surface area contributed by atoms with Gasteiger partial charge in [0.2, 0.25) is 0 Å². The molecule has 9 heteroatoms. The van der Waals surface area contributed by atoms with Gasteiger partial charge in [-0.15, -0.1) is 24.0 Å². The molecular formula is C22H27F3IN3O2. The minimum atomic E-state index is -4.36. The SMILES string of the molecule is CN=C(NCc1cccc(C(F)(F)F)c1)NCc1ccc(C)cc1OC1CCOC1.I. The Balaban J connectivity index is 0.00000341. The topological polar surface area (TPSA) is 54.9 Å². The average Bonchev–Trinajstić information content (AvgIpc) is 3.22. The van der Waals surface area contributed by atoms with E-state index in [1.807, 2.05) is 25.1 Å². The fourth-order valence-electron chi connectivity index (χ4n) is 3.15. The Kier molecular flexibility index (Phi) is 9.42. The second-order valence-corrected chi connectivity index (χ2v) is 7.19. The highest BCUT2D eigenvalue weighted by Gasteiger charge is 2.30. The summed E-state index contributed by atoms with van der Waals surface area (Å²) in [6.45, 7) is 3.98. The van der Waals surface area contributed by atoms with Crippen LogP contribution in [-0.4, -0.2) is 32.3 Å². The highest BCUT2D eigenvalue weighted by molar-refractivity contribution is 14.0. The van der Waals surface area contributed by atoms with Crippen LogP contribution in [0.1, 0.15) is 28.7 Å². The molecule has 0 aromatic heterocycles. The van der Waals surface area contributed by atoms with Crippen LogP contribution < -0.4 is 15.4 Å². The van der Waals surface area contributed by atoms with E-state index in [9.17, 15) is 13.2 Å². The van der Waals surface area contributed by atoms with Gasteiger partial charge in [-0.1, -0.05) is 24.3 Å². The van der Waals surface area contributed by atoms with Crippen LogP contribution in [0, 0.1) is 6.92 Å². The molecule has 0 aliphatic carbocycles. The second kappa shape index (κ2) is 11.6. The molecule has 3 rings (SSSR count). The van der Waals surface area contributed by atoms with Crippen molar-refractivity contribution in [2.45, 2.75) is 38.7 Å². The third kappa shape index (κ3) is 7.57. The predicted molar refractivity (Wildman–Crippen MR) is 125 cm³/mol. The highest BCUT2D eigenvalue weighted by atomic mass is 127. The maximum absolute atomic E-state index is 12.9. The van der Waals surface area contributed by atoms with Gasteiger partial charge in [0.1, 0.15) is 11.9 Å². The van der Waals surface area contributed by atoms with Crippen LogP contribution in [-0.2, 0) is 24.0 Å². The minimum absolute atomic E-state index is 0. The molecule has 5 nitrogen and oxygen atoms in total. The van der Waals surface area contributed by atoms with Gasteiger partial charge < -0.3 is 20.1 Å². The second-order valence-electron chi connectivity index (χ2n) is 7.19. The lowest BCUT2D eigenvalue weighted by Gasteiger charge is -2.18. The van der Waals surface area contributed by atoms with Gasteiger partial charge in [0.05, 0.1) is 18.8 Å². The molecule has 2 N–H and O–H groups in total. The summed E-state index contributed by atoms with van der Waals surface area (Å²) in [5.41, 5.74) is 1.92. The normalized spacial score (nSPS) is 16.5. The first kappa shape index (κ1) is 25.3. The fraction of sp³-hybridized carbons (Fsp3) is 0.409. The van der Waals surface area contributed by atoms with Gasteiger partial charge in [-0.2, -0.15) is 13.2 Å². The number of nitrogens with zero attached hydrogens (tertiary/aromatic N) is 1. The standard InChI is InChI=1S/C22H26F3N3O2.HI/c1-15-6-7-17(20(10-15)30-19-8-9-29-14-19)13-28-21(26-2)27-12-16-4-3-5-18(11-16)22(23,24)25;/h3-7,10-11,19H,8-9,12-14H2,1-2H3,(H2,26,27,28);1H. The minimum Gasteiger partial charge on any atom is -0.488 e. The van der Waals surface area contributed by atoms with E-state index in [4.69, 9.17) is 9.47 Å². The van der Waals surface area contributed by atoms with E-state index in [1.165, 1.54) is 6.07 Å². The number of halogens is 4. The van der Waals surface area contributed by atoms with Crippen LogP contribution in [0.2, 0.25) is 0 Å². The largest absolute Gasteiger partial charge is 0.488 e. The maximum atomic E-state index is 12.9. The number of nitrogens with one attached hydrogen (secondary N) is 2. The molecule has 2 aromatic rings. The molecule has 1 heterocycles. The summed E-state index contributed by atoms with van der Waals surface area (Å²) >= 11 is 0. The van der Waals surface area contributed by atoms with Crippen LogP contribution >= 0.6 is 24.0 Å². The molecule has 1 aliphatic rings. The van der Waals surface area contributed by atoms with Crippen LogP contribution in [0.5, 0.6) is 5.75 Å². The van der Waals surface area contributed by atoms with Crippen molar-refractivity contribution in [3.8, 4) is 5.75 Å². The summed E-state index contributed by atoms with van der Waals surface area (Å²) in [6, 6.07) is 11.2. The third-order valence-electron chi connectivity index (χ3n) is 4.79. The summed E-state index contributed by atoms with van der Waals surface area (Å²) in [5, 5.41) is 6.24. The van der Waals surface area contributed by atoms with Crippen molar-refractivity contribution in [3.05, 3.63) is 64.7 Å². The lowest BCUT2D eigenvalue weighted by Crippen LogP contribution is -2.36. The average molecular weight is 549 g/mol. The van der Waals surface area contributed by atoms with E-state index >= 15 is 0 Å². The van der Waals surface area contributed by atoms with E-state index in [2.05, 4.69) is 15.6 Å². The molecule has 2 aromatic carbocycles. The van der Waals surface area contributed by atoms with Crippen molar-refractivity contribution >= 4 is 29.9 Å². The van der Waals surface area contributed by atoms with Gasteiger partial charge in [-0.3, -0.25) is 4.99 Å². The molecule has 0 saturated carbocycles. The summed E-state index contributed by atoms with van der Waals surface area (Å²) in [4.78, 5) is 4.15. The number of guanidine groups is 1. The Hall–Kier alpha value is -2.01. The molecule has 0 bridgehead atoms. The lowest BCUT2D eigenvalue weighted by atomic mass is 10.1. The number of alkyl halides is 3. The smallest absolute Gasteiger partial charge is 0.416 e. The van der Waals surface area contributed by atoms with Crippen molar-refractivity contribution < 1.29 is 22.6 Å². The Labute approximate surface area is 197 Å². The maximum Gasteiger partial charge on any atom is 0.416 e. The van der Waals surface area contributed by atoms with Crippen LogP contribution in [0.3, 0.4) is 0 Å². The van der Waals surface area contributed by atoms with Gasteiger partial charge >= 0.3 is 6.18 Å². The van der Waals surface area contributed by atoms with Crippen molar-refractivity contribution in [3.63, 3.8) is 0 Å². The number of aliphatic imine (C=N–C) groups is 1.